The molecule has 1 aliphatic rings. The van der Waals surface area contributed by atoms with Gasteiger partial charge in [-0.3, -0.25) is 19.2 Å². The van der Waals surface area contributed by atoms with E-state index < -0.39 is 23.4 Å². The van der Waals surface area contributed by atoms with Crippen molar-refractivity contribution in [3.8, 4) is 0 Å². The Kier molecular flexibility index (Phi) is 11.8. The molecule has 158 valence electrons. The maximum Gasteiger partial charge on any atom is 0.306 e. The Morgan fingerprint density at radius 2 is 1.81 bits per heavy atom. The smallest absolute Gasteiger partial charge is 0.306 e. The Hall–Kier alpha value is -1.96. The van der Waals surface area contributed by atoms with E-state index >= 15 is 0 Å². The number of Topliss-reactive ketones (excluding diaryl/α,β-unsaturated/α-hetero) is 1. The van der Waals surface area contributed by atoms with Crippen LogP contribution in [0.2, 0.25) is 0 Å². The summed E-state index contributed by atoms with van der Waals surface area (Å²) in [6.07, 6.45) is 0.615. The van der Waals surface area contributed by atoms with E-state index in [1.165, 1.54) is 4.90 Å². The number of ether oxygens (including phenoxy) is 1. The van der Waals surface area contributed by atoms with Crippen molar-refractivity contribution in [2.24, 2.45) is 11.7 Å². The first-order chi connectivity index (χ1) is 11.6. The van der Waals surface area contributed by atoms with Gasteiger partial charge in [-0.25, -0.2) is 0 Å². The van der Waals surface area contributed by atoms with E-state index in [0.29, 0.717) is 19.4 Å². The molecule has 1 aliphatic heterocycles. The van der Waals surface area contributed by atoms with Gasteiger partial charge in [0.15, 0.2) is 5.78 Å². The highest BCUT2D eigenvalue weighted by molar-refractivity contribution is 5.95. The molecular weight excluding hydrogens is 352 g/mol. The summed E-state index contributed by atoms with van der Waals surface area (Å²) >= 11 is 0. The largest absolute Gasteiger partial charge is 0.481 e. The van der Waals surface area contributed by atoms with Crippen molar-refractivity contribution in [1.82, 2.24) is 4.90 Å². The Morgan fingerprint density at radius 3 is 2.30 bits per heavy atom. The van der Waals surface area contributed by atoms with E-state index in [9.17, 15) is 24.3 Å². The molecule has 27 heavy (non-hydrogen) atoms. The third kappa shape index (κ3) is 7.28. The molecule has 8 heteroatoms. The Labute approximate surface area is 162 Å². The molecule has 3 N–H and O–H groups in total. The third-order valence-electron chi connectivity index (χ3n) is 4.56. The van der Waals surface area contributed by atoms with E-state index in [4.69, 9.17) is 10.5 Å². The van der Waals surface area contributed by atoms with Crippen LogP contribution in [-0.2, 0) is 23.9 Å². The van der Waals surface area contributed by atoms with Crippen LogP contribution in [0.25, 0.3) is 0 Å². The van der Waals surface area contributed by atoms with Crippen molar-refractivity contribution in [2.45, 2.75) is 79.4 Å². The molecule has 1 heterocycles. The van der Waals surface area contributed by atoms with Gasteiger partial charge < -0.3 is 20.5 Å². The summed E-state index contributed by atoms with van der Waals surface area (Å²) in [6.45, 7) is 5.32. The van der Waals surface area contributed by atoms with Crippen LogP contribution in [0.1, 0.15) is 67.7 Å². The molecule has 0 aliphatic carbocycles. The first-order valence-corrected chi connectivity index (χ1v) is 8.58. The number of aliphatic carboxylic acids is 1. The number of rotatable bonds is 9. The van der Waals surface area contributed by atoms with Crippen molar-refractivity contribution < 1.29 is 29.0 Å². The van der Waals surface area contributed by atoms with E-state index in [2.05, 4.69) is 0 Å². The number of esters is 1. The quantitative estimate of drug-likeness (QED) is 0.578. The minimum absolute atomic E-state index is 0. The summed E-state index contributed by atoms with van der Waals surface area (Å²) in [6, 6.07) is 0. The lowest BCUT2D eigenvalue weighted by molar-refractivity contribution is -0.150. The maximum absolute atomic E-state index is 12.7. The molecule has 0 bridgehead atoms. The first kappa shape index (κ1) is 27.3. The lowest BCUT2D eigenvalue weighted by atomic mass is 9.85. The fourth-order valence-corrected chi connectivity index (χ4v) is 3.13. The SMILES string of the molecule is C.C.CC(C)OC(=O)CCC(CC(=O)C1(C)CCCN1C(=O)CN)C(=O)O. The molecule has 0 aromatic carbocycles. The Balaban J connectivity index is 0. The second-order valence-electron chi connectivity index (χ2n) is 6.87. The Bertz CT molecular complexity index is 534. The van der Waals surface area contributed by atoms with Gasteiger partial charge >= 0.3 is 11.9 Å². The highest BCUT2D eigenvalue weighted by Crippen LogP contribution is 2.32. The van der Waals surface area contributed by atoms with Crippen LogP contribution in [0.3, 0.4) is 0 Å². The molecular formula is C19H36N2O6. The van der Waals surface area contributed by atoms with E-state index in [-0.39, 0.29) is 58.5 Å². The lowest BCUT2D eigenvalue weighted by Gasteiger charge is -2.34. The summed E-state index contributed by atoms with van der Waals surface area (Å²) in [4.78, 5) is 49.2. The van der Waals surface area contributed by atoms with Gasteiger partial charge in [0.05, 0.1) is 24.1 Å². The van der Waals surface area contributed by atoms with E-state index in [1.807, 2.05) is 0 Å². The molecule has 8 nitrogen and oxygen atoms in total. The summed E-state index contributed by atoms with van der Waals surface area (Å²) in [5.74, 6) is -3.23. The summed E-state index contributed by atoms with van der Waals surface area (Å²) in [7, 11) is 0. The molecule has 2 atom stereocenters. The zero-order valence-corrected chi connectivity index (χ0v) is 15.1. The topological polar surface area (TPSA) is 127 Å². The number of carbonyl (C=O) groups excluding carboxylic acids is 3. The molecule has 0 spiro atoms. The maximum atomic E-state index is 12.7. The number of nitrogens with zero attached hydrogens (tertiary/aromatic N) is 1. The summed E-state index contributed by atoms with van der Waals surface area (Å²) in [5, 5.41) is 9.36. The summed E-state index contributed by atoms with van der Waals surface area (Å²) < 4.78 is 4.98. The van der Waals surface area contributed by atoms with Crippen molar-refractivity contribution in [3.63, 3.8) is 0 Å². The normalized spacial score (nSPS) is 19.7. The van der Waals surface area contributed by atoms with Crippen molar-refractivity contribution in [3.05, 3.63) is 0 Å². The zero-order chi connectivity index (χ0) is 19.2. The number of hydrogen-bond donors (Lipinski definition) is 2. The third-order valence-corrected chi connectivity index (χ3v) is 4.56. The van der Waals surface area contributed by atoms with Crippen molar-refractivity contribution in [1.29, 1.82) is 0 Å². The summed E-state index contributed by atoms with van der Waals surface area (Å²) in [5.41, 5.74) is 4.37. The van der Waals surface area contributed by atoms with Gasteiger partial charge in [0.2, 0.25) is 5.91 Å². The minimum atomic E-state index is -1.14. The van der Waals surface area contributed by atoms with Crippen LogP contribution in [0.5, 0.6) is 0 Å². The van der Waals surface area contributed by atoms with Gasteiger partial charge in [0.25, 0.3) is 0 Å². The second-order valence-corrected chi connectivity index (χ2v) is 6.87. The number of amides is 1. The number of hydrogen-bond acceptors (Lipinski definition) is 6. The van der Waals surface area contributed by atoms with Crippen LogP contribution in [0.15, 0.2) is 0 Å². The standard InChI is InChI=1S/C17H28N2O6.2CH4/c1-11(2)25-15(22)6-5-12(16(23)24)9-13(20)17(3)7-4-8-19(17)14(21)10-18;;/h11-12H,4-10,18H2,1-3H3,(H,23,24);2*1H4. The molecule has 1 rings (SSSR count). The minimum Gasteiger partial charge on any atom is -0.481 e. The molecule has 1 fully saturated rings. The Morgan fingerprint density at radius 1 is 1.22 bits per heavy atom. The van der Waals surface area contributed by atoms with Crippen LogP contribution in [-0.4, -0.2) is 58.4 Å². The fourth-order valence-electron chi connectivity index (χ4n) is 3.13. The van der Waals surface area contributed by atoms with Gasteiger partial charge in [0, 0.05) is 19.4 Å². The van der Waals surface area contributed by atoms with Gasteiger partial charge in [-0.2, -0.15) is 0 Å². The number of likely N-dealkylation sites (tertiary alicyclic amines) is 1. The van der Waals surface area contributed by atoms with E-state index in [0.717, 1.165) is 0 Å². The van der Waals surface area contributed by atoms with Gasteiger partial charge in [-0.1, -0.05) is 14.9 Å². The van der Waals surface area contributed by atoms with Crippen LogP contribution < -0.4 is 5.73 Å². The molecule has 0 radical (unpaired) electrons. The predicted octanol–water partition coefficient (Wildman–Crippen LogP) is 1.99. The van der Waals surface area contributed by atoms with Crippen LogP contribution in [0.4, 0.5) is 0 Å². The van der Waals surface area contributed by atoms with Gasteiger partial charge in [-0.15, -0.1) is 0 Å². The molecule has 2 unspecified atom stereocenters. The molecule has 0 saturated carbocycles. The number of carboxylic acids is 1. The lowest BCUT2D eigenvalue weighted by Crippen LogP contribution is -2.53. The second kappa shape index (κ2) is 11.7. The average Bonchev–Trinajstić information content (AvgIpc) is 2.92. The zero-order valence-electron chi connectivity index (χ0n) is 15.1. The monoisotopic (exact) mass is 388 g/mol. The highest BCUT2D eigenvalue weighted by Gasteiger charge is 2.45. The molecule has 1 amide bonds. The molecule has 0 aromatic heterocycles. The predicted molar refractivity (Wildman–Crippen MR) is 103 cm³/mol. The molecule has 0 aromatic rings. The van der Waals surface area contributed by atoms with Crippen molar-refractivity contribution >= 4 is 23.6 Å². The number of nitrogens with two attached hydrogens (primary N) is 1. The number of carboxylic acid groups (broad SMARTS) is 1. The van der Waals surface area contributed by atoms with Gasteiger partial charge in [-0.05, 0) is 40.0 Å². The average molecular weight is 389 g/mol. The number of carbonyl (C=O) groups is 4. The number of ketones is 1. The van der Waals surface area contributed by atoms with Crippen molar-refractivity contribution in [2.75, 3.05) is 13.1 Å². The fraction of sp³-hybridized carbons (Fsp3) is 0.789. The van der Waals surface area contributed by atoms with E-state index in [1.54, 1.807) is 20.8 Å². The van der Waals surface area contributed by atoms with Crippen LogP contribution in [0, 0.1) is 5.92 Å². The first-order valence-electron chi connectivity index (χ1n) is 8.58. The highest BCUT2D eigenvalue weighted by atomic mass is 16.5. The van der Waals surface area contributed by atoms with Crippen LogP contribution >= 0.6 is 0 Å². The van der Waals surface area contributed by atoms with Gasteiger partial charge in [0.1, 0.15) is 0 Å². The molecule has 1 saturated heterocycles.